The molecule has 14 atom stereocenters. The third-order valence-corrected chi connectivity index (χ3v) is 6.82. The molecule has 0 radical (unpaired) electrons. The van der Waals surface area contributed by atoms with Crippen LogP contribution in [0.25, 0.3) is 0 Å². The first kappa shape index (κ1) is 26.1. The van der Waals surface area contributed by atoms with Gasteiger partial charge in [0.25, 0.3) is 0 Å². The predicted octanol–water partition coefficient (Wildman–Crippen LogP) is -3.54. The molecule has 2 heterocycles. The largest absolute Gasteiger partial charge is 0.394 e. The molecule has 2 saturated heterocycles. The van der Waals surface area contributed by atoms with Crippen molar-refractivity contribution in [1.82, 2.24) is 0 Å². The number of hydrogen-bond acceptors (Lipinski definition) is 12. The highest BCUT2D eigenvalue weighted by atomic mass is 16.7. The van der Waals surface area contributed by atoms with Crippen molar-refractivity contribution in [3.63, 3.8) is 0 Å². The van der Waals surface area contributed by atoms with Crippen LogP contribution in [0.15, 0.2) is 0 Å². The summed E-state index contributed by atoms with van der Waals surface area (Å²) in [5, 5.41) is 51.0. The molecule has 12 heteroatoms. The van der Waals surface area contributed by atoms with E-state index in [-0.39, 0.29) is 5.92 Å². The smallest absolute Gasteiger partial charge is 0.186 e. The summed E-state index contributed by atoms with van der Waals surface area (Å²) in [5.74, 6) is -0.158. The molecule has 12 nitrogen and oxygen atoms in total. The van der Waals surface area contributed by atoms with Gasteiger partial charge in [0.2, 0.25) is 0 Å². The van der Waals surface area contributed by atoms with Crippen molar-refractivity contribution in [3.05, 3.63) is 0 Å². The Morgan fingerprint density at radius 3 is 2.06 bits per heavy atom. The number of aliphatic hydroxyl groups excluding tert-OH is 5. The summed E-state index contributed by atoms with van der Waals surface area (Å²) in [6.45, 7) is 3.24. The van der Waals surface area contributed by atoms with Gasteiger partial charge < -0.3 is 61.7 Å². The van der Waals surface area contributed by atoms with Crippen LogP contribution in [0.5, 0.6) is 0 Å². The molecule has 3 aliphatic rings. The van der Waals surface area contributed by atoms with Gasteiger partial charge in [-0.2, -0.15) is 0 Å². The molecular formula is C20H39N3O9. The van der Waals surface area contributed by atoms with Gasteiger partial charge in [-0.25, -0.2) is 0 Å². The van der Waals surface area contributed by atoms with E-state index in [0.29, 0.717) is 19.3 Å². The molecule has 3 rings (SSSR count). The standard InChI is InChI=1S/C20H39N3O9/c1-3-11-10(25)5-9(22)19(29-11)31-17-7(2)4-8(21)18(16(17)28)32-20-15(27)13(23)14(26)12(6-24)30-20/h7-20,24-28H,3-6,21-23H2,1-2H3. The van der Waals surface area contributed by atoms with Crippen molar-refractivity contribution in [2.24, 2.45) is 23.1 Å². The molecule has 1 aliphatic carbocycles. The van der Waals surface area contributed by atoms with Gasteiger partial charge in [0.1, 0.15) is 30.5 Å². The van der Waals surface area contributed by atoms with Crippen molar-refractivity contribution < 1.29 is 44.5 Å². The second kappa shape index (κ2) is 10.8. The Labute approximate surface area is 187 Å². The van der Waals surface area contributed by atoms with Gasteiger partial charge in [0.05, 0.1) is 37.0 Å². The van der Waals surface area contributed by atoms with Gasteiger partial charge in [0.15, 0.2) is 12.6 Å². The lowest BCUT2D eigenvalue weighted by Crippen LogP contribution is -2.66. The van der Waals surface area contributed by atoms with E-state index in [0.717, 1.165) is 0 Å². The topological polar surface area (TPSA) is 216 Å². The average Bonchev–Trinajstić information content (AvgIpc) is 2.75. The van der Waals surface area contributed by atoms with Crippen LogP contribution in [-0.4, -0.2) is 112 Å². The van der Waals surface area contributed by atoms with Crippen LogP contribution in [0.2, 0.25) is 0 Å². The summed E-state index contributed by atoms with van der Waals surface area (Å²) < 4.78 is 23.2. The van der Waals surface area contributed by atoms with Crippen LogP contribution in [0, 0.1) is 5.92 Å². The Kier molecular flexibility index (Phi) is 8.86. The van der Waals surface area contributed by atoms with Gasteiger partial charge in [-0.15, -0.1) is 0 Å². The minimum atomic E-state index is -1.40. The third-order valence-electron chi connectivity index (χ3n) is 6.82. The van der Waals surface area contributed by atoms with Crippen molar-refractivity contribution in [2.75, 3.05) is 6.61 Å². The highest BCUT2D eigenvalue weighted by Gasteiger charge is 2.49. The van der Waals surface area contributed by atoms with Crippen molar-refractivity contribution in [2.45, 2.75) is 113 Å². The van der Waals surface area contributed by atoms with Crippen molar-refractivity contribution in [1.29, 1.82) is 0 Å². The van der Waals surface area contributed by atoms with E-state index in [9.17, 15) is 25.5 Å². The normalized spacial score (nSPS) is 52.7. The third kappa shape index (κ3) is 5.27. The minimum absolute atomic E-state index is 0.158. The fourth-order valence-corrected chi connectivity index (χ4v) is 4.82. The van der Waals surface area contributed by atoms with E-state index >= 15 is 0 Å². The maximum absolute atomic E-state index is 11.1. The van der Waals surface area contributed by atoms with Crippen LogP contribution >= 0.6 is 0 Å². The Hall–Kier alpha value is -0.480. The van der Waals surface area contributed by atoms with E-state index < -0.39 is 86.1 Å². The minimum Gasteiger partial charge on any atom is -0.394 e. The molecule has 0 aromatic carbocycles. The number of ether oxygens (including phenoxy) is 4. The molecule has 188 valence electrons. The van der Waals surface area contributed by atoms with E-state index in [1.807, 2.05) is 13.8 Å². The van der Waals surface area contributed by atoms with Crippen molar-refractivity contribution >= 4 is 0 Å². The van der Waals surface area contributed by atoms with Crippen LogP contribution in [-0.2, 0) is 18.9 Å². The molecule has 11 N–H and O–H groups in total. The zero-order chi connectivity index (χ0) is 23.7. The SMILES string of the molecule is CCC1OC(OC2C(C)CC(N)C(OC3OC(CO)C(O)C(N)C3O)C2O)C(N)CC1O. The van der Waals surface area contributed by atoms with Gasteiger partial charge >= 0.3 is 0 Å². The van der Waals surface area contributed by atoms with Gasteiger partial charge in [0, 0.05) is 6.04 Å². The second-order valence-corrected chi connectivity index (χ2v) is 9.27. The maximum Gasteiger partial charge on any atom is 0.186 e. The molecule has 2 aliphatic heterocycles. The first-order valence-corrected chi connectivity index (χ1v) is 11.3. The lowest BCUT2D eigenvalue weighted by Gasteiger charge is -2.48. The zero-order valence-electron chi connectivity index (χ0n) is 18.5. The zero-order valence-corrected chi connectivity index (χ0v) is 18.5. The number of nitrogens with two attached hydrogens (primary N) is 3. The summed E-state index contributed by atoms with van der Waals surface area (Å²) in [5.41, 5.74) is 18.2. The molecular weight excluding hydrogens is 426 g/mol. The lowest BCUT2D eigenvalue weighted by atomic mass is 9.80. The molecule has 0 spiro atoms. The molecule has 0 aromatic rings. The lowest BCUT2D eigenvalue weighted by molar-refractivity contribution is -0.318. The highest BCUT2D eigenvalue weighted by Crippen LogP contribution is 2.34. The summed E-state index contributed by atoms with van der Waals surface area (Å²) in [6.07, 6.45) is -8.54. The summed E-state index contributed by atoms with van der Waals surface area (Å²) in [6, 6.07) is -2.28. The van der Waals surface area contributed by atoms with Gasteiger partial charge in [-0.05, 0) is 25.2 Å². The first-order chi connectivity index (χ1) is 15.1. The van der Waals surface area contributed by atoms with Crippen LogP contribution < -0.4 is 17.2 Å². The molecule has 3 fully saturated rings. The number of rotatable bonds is 6. The Morgan fingerprint density at radius 1 is 0.812 bits per heavy atom. The quantitative estimate of drug-likeness (QED) is 0.191. The summed E-state index contributed by atoms with van der Waals surface area (Å²) in [7, 11) is 0. The number of hydrogen-bond donors (Lipinski definition) is 8. The second-order valence-electron chi connectivity index (χ2n) is 9.27. The molecule has 0 bridgehead atoms. The van der Waals surface area contributed by atoms with Gasteiger partial charge in [-0.1, -0.05) is 13.8 Å². The summed E-state index contributed by atoms with van der Waals surface area (Å²) in [4.78, 5) is 0. The molecule has 0 aromatic heterocycles. The predicted molar refractivity (Wildman–Crippen MR) is 111 cm³/mol. The highest BCUT2D eigenvalue weighted by molar-refractivity contribution is 4.98. The fourth-order valence-electron chi connectivity index (χ4n) is 4.82. The van der Waals surface area contributed by atoms with E-state index in [4.69, 9.17) is 36.1 Å². The fraction of sp³-hybridized carbons (Fsp3) is 1.00. The van der Waals surface area contributed by atoms with E-state index in [2.05, 4.69) is 0 Å². The maximum atomic E-state index is 11.1. The average molecular weight is 466 g/mol. The first-order valence-electron chi connectivity index (χ1n) is 11.3. The Bertz CT molecular complexity index is 603. The van der Waals surface area contributed by atoms with E-state index in [1.54, 1.807) is 0 Å². The van der Waals surface area contributed by atoms with Crippen LogP contribution in [0.1, 0.15) is 33.1 Å². The van der Waals surface area contributed by atoms with Crippen molar-refractivity contribution in [3.8, 4) is 0 Å². The van der Waals surface area contributed by atoms with Crippen LogP contribution in [0.4, 0.5) is 0 Å². The Balaban J connectivity index is 1.70. The number of aliphatic hydroxyl groups is 5. The molecule has 0 amide bonds. The Morgan fingerprint density at radius 2 is 1.44 bits per heavy atom. The molecule has 32 heavy (non-hydrogen) atoms. The van der Waals surface area contributed by atoms with Crippen LogP contribution in [0.3, 0.4) is 0 Å². The summed E-state index contributed by atoms with van der Waals surface area (Å²) >= 11 is 0. The monoisotopic (exact) mass is 465 g/mol. The molecule has 1 saturated carbocycles. The molecule has 14 unspecified atom stereocenters. The van der Waals surface area contributed by atoms with E-state index in [1.165, 1.54) is 0 Å². The van der Waals surface area contributed by atoms with Gasteiger partial charge in [-0.3, -0.25) is 0 Å².